The molecule has 2 atom stereocenters. The molecule has 0 fully saturated rings. The Labute approximate surface area is 113 Å². The van der Waals surface area contributed by atoms with Crippen molar-refractivity contribution in [3.63, 3.8) is 0 Å². The first-order chi connectivity index (χ1) is 9.28. The zero-order valence-electron chi connectivity index (χ0n) is 10.9. The van der Waals surface area contributed by atoms with Crippen molar-refractivity contribution < 1.29 is 27.9 Å². The van der Waals surface area contributed by atoms with E-state index in [1.807, 2.05) is 0 Å². The van der Waals surface area contributed by atoms with E-state index in [4.69, 9.17) is 4.84 Å². The monoisotopic (exact) mass is 289 g/mol. The van der Waals surface area contributed by atoms with Crippen LogP contribution in [0.1, 0.15) is 24.5 Å². The Morgan fingerprint density at radius 2 is 1.90 bits per heavy atom. The molecule has 1 aromatic rings. The lowest BCUT2D eigenvalue weighted by Crippen LogP contribution is -2.58. The van der Waals surface area contributed by atoms with Gasteiger partial charge in [-0.2, -0.15) is 13.2 Å². The molecule has 0 spiro atoms. The van der Waals surface area contributed by atoms with Gasteiger partial charge in [-0.15, -0.1) is 0 Å². The minimum atomic E-state index is -5.02. The molecule has 110 valence electrons. The number of hydrogen-bond donors (Lipinski definition) is 1. The van der Waals surface area contributed by atoms with Crippen LogP contribution >= 0.6 is 0 Å². The number of halogens is 3. The van der Waals surface area contributed by atoms with Gasteiger partial charge in [-0.1, -0.05) is 41.9 Å². The van der Waals surface area contributed by atoms with Crippen molar-refractivity contribution in [2.45, 2.75) is 38.5 Å². The lowest BCUT2D eigenvalue weighted by atomic mass is 10.00. The summed E-state index contributed by atoms with van der Waals surface area (Å²) < 4.78 is 44.1. The first-order valence-electron chi connectivity index (χ1n) is 6.06. The highest BCUT2D eigenvalue weighted by molar-refractivity contribution is 6.06. The number of benzene rings is 1. The quantitative estimate of drug-likeness (QED) is 0.910. The summed E-state index contributed by atoms with van der Waals surface area (Å²) in [7, 11) is 0. The van der Waals surface area contributed by atoms with Gasteiger partial charge >= 0.3 is 12.0 Å². The van der Waals surface area contributed by atoms with E-state index in [1.165, 1.54) is 12.1 Å². The number of aliphatic hydroxyl groups is 1. The fraction of sp³-hybridized carbons (Fsp3) is 0.462. The van der Waals surface area contributed by atoms with E-state index in [0.717, 1.165) is 5.56 Å². The summed E-state index contributed by atoms with van der Waals surface area (Å²) in [5.74, 6) is -3.47. The summed E-state index contributed by atoms with van der Waals surface area (Å²) in [6, 6.07) is 6.06. The molecule has 1 heterocycles. The van der Waals surface area contributed by atoms with Crippen LogP contribution in [0.3, 0.4) is 0 Å². The van der Waals surface area contributed by atoms with E-state index in [0.29, 0.717) is 0 Å². The molecule has 0 bridgehead atoms. The van der Waals surface area contributed by atoms with Gasteiger partial charge < -0.3 is 9.94 Å². The number of hydrogen-bond acceptors (Lipinski definition) is 4. The van der Waals surface area contributed by atoms with E-state index < -0.39 is 24.0 Å². The van der Waals surface area contributed by atoms with Crippen LogP contribution in [0.25, 0.3) is 0 Å². The highest BCUT2D eigenvalue weighted by Crippen LogP contribution is 2.38. The van der Waals surface area contributed by atoms with Gasteiger partial charge in [-0.05, 0) is 6.92 Å². The van der Waals surface area contributed by atoms with Crippen molar-refractivity contribution in [1.29, 1.82) is 0 Å². The third-order valence-electron chi connectivity index (χ3n) is 2.93. The van der Waals surface area contributed by atoms with Crippen molar-refractivity contribution in [1.82, 2.24) is 0 Å². The standard InChI is InChI=1S/C13H14F3NO3/c1-3-10-19-12(18,13(14,15)16)11(17-20-10)9-6-4-8(2)5-7-9/h4-7,10,18H,3H2,1-2H3. The zero-order valence-corrected chi connectivity index (χ0v) is 10.9. The van der Waals surface area contributed by atoms with E-state index in [9.17, 15) is 18.3 Å². The van der Waals surface area contributed by atoms with Crippen LogP contribution in [0.15, 0.2) is 29.4 Å². The molecule has 1 N–H and O–H groups in total. The lowest BCUT2D eigenvalue weighted by Gasteiger charge is -2.36. The molecule has 0 aliphatic carbocycles. The summed E-state index contributed by atoms with van der Waals surface area (Å²) in [4.78, 5) is 4.82. The highest BCUT2D eigenvalue weighted by atomic mass is 19.4. The predicted molar refractivity (Wildman–Crippen MR) is 65.0 cm³/mol. The second kappa shape index (κ2) is 5.06. The minimum absolute atomic E-state index is 0.0879. The Morgan fingerprint density at radius 1 is 1.30 bits per heavy atom. The molecule has 0 radical (unpaired) electrons. The average molecular weight is 289 g/mol. The molecule has 20 heavy (non-hydrogen) atoms. The Balaban J connectivity index is 2.47. The lowest BCUT2D eigenvalue weighted by molar-refractivity contribution is -0.378. The molecular formula is C13H14F3NO3. The fourth-order valence-corrected chi connectivity index (χ4v) is 1.76. The van der Waals surface area contributed by atoms with Gasteiger partial charge in [0.05, 0.1) is 0 Å². The van der Waals surface area contributed by atoms with Gasteiger partial charge in [0.25, 0.3) is 0 Å². The second-order valence-corrected chi connectivity index (χ2v) is 4.51. The van der Waals surface area contributed by atoms with Crippen LogP contribution in [0.4, 0.5) is 13.2 Å². The largest absolute Gasteiger partial charge is 0.450 e. The normalized spacial score (nSPS) is 26.9. The Bertz CT molecular complexity index is 513. The van der Waals surface area contributed by atoms with E-state index in [-0.39, 0.29) is 12.0 Å². The molecule has 7 heteroatoms. The molecular weight excluding hydrogens is 275 g/mol. The van der Waals surface area contributed by atoms with Crippen molar-refractivity contribution in [3.05, 3.63) is 35.4 Å². The molecule has 0 aromatic heterocycles. The van der Waals surface area contributed by atoms with Gasteiger partial charge in [-0.3, -0.25) is 4.74 Å². The molecule has 4 nitrogen and oxygen atoms in total. The molecule has 0 saturated carbocycles. The topological polar surface area (TPSA) is 51.0 Å². The minimum Gasteiger partial charge on any atom is -0.363 e. The highest BCUT2D eigenvalue weighted by Gasteiger charge is 2.62. The molecule has 2 rings (SSSR count). The van der Waals surface area contributed by atoms with Crippen LogP contribution in [-0.4, -0.2) is 29.1 Å². The molecule has 2 unspecified atom stereocenters. The van der Waals surface area contributed by atoms with Crippen LogP contribution < -0.4 is 0 Å². The van der Waals surface area contributed by atoms with Gasteiger partial charge in [0, 0.05) is 12.0 Å². The molecule has 1 aromatic carbocycles. The van der Waals surface area contributed by atoms with E-state index in [1.54, 1.807) is 26.0 Å². The predicted octanol–water partition coefficient (Wildman–Crippen LogP) is 2.73. The van der Waals surface area contributed by atoms with Crippen LogP contribution in [0.5, 0.6) is 0 Å². The first kappa shape index (κ1) is 14.8. The number of oxime groups is 1. The van der Waals surface area contributed by atoms with Crippen LogP contribution in [-0.2, 0) is 9.57 Å². The van der Waals surface area contributed by atoms with E-state index in [2.05, 4.69) is 9.89 Å². The number of rotatable bonds is 2. The fourth-order valence-electron chi connectivity index (χ4n) is 1.76. The Morgan fingerprint density at radius 3 is 2.40 bits per heavy atom. The van der Waals surface area contributed by atoms with Crippen molar-refractivity contribution >= 4 is 5.71 Å². The zero-order chi connectivity index (χ0) is 15.0. The smallest absolute Gasteiger partial charge is 0.363 e. The summed E-state index contributed by atoms with van der Waals surface area (Å²) in [6.07, 6.45) is -6.13. The second-order valence-electron chi connectivity index (χ2n) is 4.51. The van der Waals surface area contributed by atoms with Crippen LogP contribution in [0, 0.1) is 6.92 Å². The third kappa shape index (κ3) is 2.51. The SMILES string of the molecule is CCC1ON=C(c2ccc(C)cc2)C(O)(C(F)(F)F)O1. The molecule has 1 aliphatic heterocycles. The molecule has 0 saturated heterocycles. The van der Waals surface area contributed by atoms with Crippen molar-refractivity contribution in [2.24, 2.45) is 5.16 Å². The summed E-state index contributed by atoms with van der Waals surface area (Å²) in [5.41, 5.74) is 0.258. The van der Waals surface area contributed by atoms with Gasteiger partial charge in [0.2, 0.25) is 6.29 Å². The summed E-state index contributed by atoms with van der Waals surface area (Å²) >= 11 is 0. The van der Waals surface area contributed by atoms with Crippen molar-refractivity contribution in [3.8, 4) is 0 Å². The number of alkyl halides is 3. The molecule has 0 amide bonds. The molecule has 1 aliphatic rings. The van der Waals surface area contributed by atoms with E-state index >= 15 is 0 Å². The Kier molecular flexibility index (Phi) is 3.75. The maximum absolute atomic E-state index is 13.1. The summed E-state index contributed by atoms with van der Waals surface area (Å²) in [6.45, 7) is 3.36. The maximum atomic E-state index is 13.1. The number of nitrogens with zero attached hydrogens (tertiary/aromatic N) is 1. The maximum Gasteiger partial charge on any atom is 0.450 e. The van der Waals surface area contributed by atoms with Gasteiger partial charge in [0.15, 0.2) is 5.71 Å². The average Bonchev–Trinajstić information content (AvgIpc) is 2.38. The third-order valence-corrected chi connectivity index (χ3v) is 2.93. The van der Waals surface area contributed by atoms with Crippen LogP contribution in [0.2, 0.25) is 0 Å². The Hall–Kier alpha value is -1.60. The first-order valence-corrected chi connectivity index (χ1v) is 6.06. The van der Waals surface area contributed by atoms with Gasteiger partial charge in [0.1, 0.15) is 0 Å². The summed E-state index contributed by atoms with van der Waals surface area (Å²) in [5, 5.41) is 13.4. The van der Waals surface area contributed by atoms with Gasteiger partial charge in [-0.25, -0.2) is 0 Å². The number of aryl methyl sites for hydroxylation is 1. The number of ether oxygens (including phenoxy) is 1. The van der Waals surface area contributed by atoms with Crippen molar-refractivity contribution in [2.75, 3.05) is 0 Å².